The molecule has 1 aliphatic heterocycles. The van der Waals surface area contributed by atoms with Gasteiger partial charge in [-0.1, -0.05) is 41.9 Å². The van der Waals surface area contributed by atoms with Crippen LogP contribution in [0.25, 0.3) is 0 Å². The minimum absolute atomic E-state index is 0.0270. The summed E-state index contributed by atoms with van der Waals surface area (Å²) in [6.45, 7) is 0. The summed E-state index contributed by atoms with van der Waals surface area (Å²) in [5, 5.41) is 24.8. The number of carboxylic acids is 1. The van der Waals surface area contributed by atoms with E-state index in [0.29, 0.717) is 16.3 Å². The largest absolute Gasteiger partial charge is 0.478 e. The molecule has 1 aliphatic carbocycles. The Hall–Kier alpha value is -2.74. The molecule has 0 bridgehead atoms. The molecule has 0 radical (unpaired) electrons. The van der Waals surface area contributed by atoms with Crippen LogP contribution in [0.2, 0.25) is 5.02 Å². The number of anilines is 1. The molecule has 174 valence electrons. The van der Waals surface area contributed by atoms with Crippen molar-refractivity contribution in [2.75, 3.05) is 5.32 Å². The van der Waals surface area contributed by atoms with E-state index in [9.17, 15) is 20.0 Å². The number of fused-ring (bicyclic) bond motifs is 3. The van der Waals surface area contributed by atoms with Crippen molar-refractivity contribution >= 4 is 52.3 Å². The van der Waals surface area contributed by atoms with Crippen LogP contribution in [-0.2, 0) is 0 Å². The van der Waals surface area contributed by atoms with E-state index in [2.05, 4.69) is 5.32 Å². The highest BCUT2D eigenvalue weighted by atomic mass is 35.5. The highest BCUT2D eigenvalue weighted by Gasteiger charge is 2.50. The number of thioether (sulfide) groups is 1. The van der Waals surface area contributed by atoms with Gasteiger partial charge in [0.2, 0.25) is 0 Å². The highest BCUT2D eigenvalue weighted by molar-refractivity contribution is 8.00. The van der Waals surface area contributed by atoms with Gasteiger partial charge in [0.15, 0.2) is 0 Å². The summed E-state index contributed by atoms with van der Waals surface area (Å²) < 4.78 is 0. The molecule has 0 saturated heterocycles. The molecular weight excluding hydrogens is 495 g/mol. The summed E-state index contributed by atoms with van der Waals surface area (Å²) in [6.07, 6.45) is 0.690. The number of alkyl halides is 1. The van der Waals surface area contributed by atoms with Crippen molar-refractivity contribution < 1.29 is 14.8 Å². The first-order valence-electron chi connectivity index (χ1n) is 10.8. The van der Waals surface area contributed by atoms with E-state index in [4.69, 9.17) is 23.2 Å². The minimum Gasteiger partial charge on any atom is -0.478 e. The van der Waals surface area contributed by atoms with E-state index < -0.39 is 5.97 Å². The highest BCUT2D eigenvalue weighted by Crippen LogP contribution is 2.58. The maximum absolute atomic E-state index is 11.7. The standard InChI is InChI=1S/C25H20Cl2N2O4S/c26-17-6-2-1-5-14(17)24-16-12-21(34-20-8-4-3-7-19(20)29(32)33)23(27)22(16)15-11-13(25(30)31)9-10-18(15)28-24/h1-11,16,21-24,28H,12H2,(H,30,31). The van der Waals surface area contributed by atoms with Crippen LogP contribution in [0.5, 0.6) is 0 Å². The van der Waals surface area contributed by atoms with Crippen LogP contribution in [0.3, 0.4) is 0 Å². The number of carboxylic acid groups (broad SMARTS) is 1. The summed E-state index contributed by atoms with van der Waals surface area (Å²) in [7, 11) is 0. The number of hydrogen-bond donors (Lipinski definition) is 2. The number of benzene rings is 3. The first-order valence-corrected chi connectivity index (χ1v) is 12.5. The van der Waals surface area contributed by atoms with Crippen molar-refractivity contribution in [3.8, 4) is 0 Å². The number of hydrogen-bond acceptors (Lipinski definition) is 5. The van der Waals surface area contributed by atoms with Crippen LogP contribution in [0.1, 0.15) is 39.9 Å². The zero-order valence-electron chi connectivity index (χ0n) is 17.7. The number of aromatic carboxylic acids is 1. The van der Waals surface area contributed by atoms with Crippen LogP contribution in [0, 0.1) is 16.0 Å². The number of halogens is 2. The third-order valence-corrected chi connectivity index (χ3v) is 9.10. The first-order chi connectivity index (χ1) is 16.3. The summed E-state index contributed by atoms with van der Waals surface area (Å²) in [4.78, 5) is 23.4. The van der Waals surface area contributed by atoms with Gasteiger partial charge in [-0.2, -0.15) is 0 Å². The van der Waals surface area contributed by atoms with Gasteiger partial charge in [-0.3, -0.25) is 10.1 Å². The molecule has 6 nitrogen and oxygen atoms in total. The summed E-state index contributed by atoms with van der Waals surface area (Å²) in [5.41, 5.74) is 2.90. The van der Waals surface area contributed by atoms with Gasteiger partial charge in [0.1, 0.15) is 0 Å². The fourth-order valence-electron chi connectivity index (χ4n) is 5.15. The molecule has 2 N–H and O–H groups in total. The van der Waals surface area contributed by atoms with Crippen LogP contribution >= 0.6 is 35.0 Å². The Kier molecular flexibility index (Phi) is 6.18. The molecule has 34 heavy (non-hydrogen) atoms. The van der Waals surface area contributed by atoms with Crippen LogP contribution in [0.4, 0.5) is 11.4 Å². The number of nitrogens with one attached hydrogen (secondary N) is 1. The van der Waals surface area contributed by atoms with Crippen LogP contribution in [-0.4, -0.2) is 26.6 Å². The van der Waals surface area contributed by atoms with E-state index in [0.717, 1.165) is 16.8 Å². The predicted molar refractivity (Wildman–Crippen MR) is 134 cm³/mol. The number of carbonyl (C=O) groups is 1. The SMILES string of the molecule is O=C(O)c1ccc2c(c1)C1C(Cl)C(Sc3ccccc3[N+](=O)[O-])CC1C(c1ccccc1Cl)N2. The lowest BCUT2D eigenvalue weighted by Gasteiger charge is -2.38. The van der Waals surface area contributed by atoms with E-state index in [1.165, 1.54) is 17.8 Å². The molecule has 5 rings (SSSR count). The Labute approximate surface area is 210 Å². The van der Waals surface area contributed by atoms with Gasteiger partial charge < -0.3 is 10.4 Å². The summed E-state index contributed by atoms with van der Waals surface area (Å²) in [6, 6.07) is 19.3. The third-order valence-electron chi connectivity index (χ3n) is 6.64. The number of nitro groups is 1. The van der Waals surface area contributed by atoms with Crippen LogP contribution in [0.15, 0.2) is 71.6 Å². The Morgan fingerprint density at radius 2 is 1.82 bits per heavy atom. The average Bonchev–Trinajstić information content (AvgIpc) is 3.15. The van der Waals surface area contributed by atoms with E-state index in [-0.39, 0.29) is 44.7 Å². The Morgan fingerprint density at radius 1 is 1.09 bits per heavy atom. The molecule has 3 aromatic carbocycles. The lowest BCUT2D eigenvalue weighted by atomic mass is 9.77. The Morgan fingerprint density at radius 3 is 2.56 bits per heavy atom. The third kappa shape index (κ3) is 4.02. The summed E-state index contributed by atoms with van der Waals surface area (Å²) in [5.74, 6) is -1.11. The Balaban J connectivity index is 1.57. The second-order valence-corrected chi connectivity index (χ2v) is 10.7. The van der Waals surface area contributed by atoms with Gasteiger partial charge in [-0.05, 0) is 53.8 Å². The average molecular weight is 515 g/mol. The first kappa shape index (κ1) is 23.0. The van der Waals surface area contributed by atoms with Crippen molar-refractivity contribution in [1.29, 1.82) is 0 Å². The van der Waals surface area contributed by atoms with Crippen molar-refractivity contribution in [1.82, 2.24) is 0 Å². The lowest BCUT2D eigenvalue weighted by Crippen LogP contribution is -2.31. The number of para-hydroxylation sites is 1. The van der Waals surface area contributed by atoms with Crippen LogP contribution < -0.4 is 5.32 Å². The normalized spacial score (nSPS) is 25.2. The zero-order valence-corrected chi connectivity index (χ0v) is 20.1. The monoisotopic (exact) mass is 514 g/mol. The fraction of sp³-hybridized carbons (Fsp3) is 0.240. The maximum atomic E-state index is 11.7. The number of nitro benzene ring substituents is 1. The van der Waals surface area contributed by atoms with Gasteiger partial charge in [0, 0.05) is 27.9 Å². The quantitative estimate of drug-likeness (QED) is 0.216. The zero-order chi connectivity index (χ0) is 24.0. The molecule has 5 unspecified atom stereocenters. The minimum atomic E-state index is -0.998. The molecule has 1 saturated carbocycles. The second kappa shape index (κ2) is 9.13. The molecule has 9 heteroatoms. The molecule has 1 heterocycles. The van der Waals surface area contributed by atoms with Gasteiger partial charge in [0.25, 0.3) is 5.69 Å². The number of nitrogens with zero attached hydrogens (tertiary/aromatic N) is 1. The second-order valence-electron chi connectivity index (χ2n) is 8.50. The lowest BCUT2D eigenvalue weighted by molar-refractivity contribution is -0.387. The van der Waals surface area contributed by atoms with Crippen molar-refractivity contribution in [3.63, 3.8) is 0 Å². The molecule has 1 fully saturated rings. The Bertz CT molecular complexity index is 1290. The molecule has 0 amide bonds. The summed E-state index contributed by atoms with van der Waals surface area (Å²) >= 11 is 15.1. The smallest absolute Gasteiger partial charge is 0.335 e. The van der Waals surface area contributed by atoms with Gasteiger partial charge in [0.05, 0.1) is 26.8 Å². The molecule has 3 aromatic rings. The van der Waals surface area contributed by atoms with Crippen molar-refractivity contribution in [3.05, 3.63) is 98.6 Å². The molecule has 2 aliphatic rings. The van der Waals surface area contributed by atoms with Gasteiger partial charge in [-0.15, -0.1) is 23.4 Å². The molecule has 0 aromatic heterocycles. The van der Waals surface area contributed by atoms with Gasteiger partial charge >= 0.3 is 5.97 Å². The maximum Gasteiger partial charge on any atom is 0.335 e. The van der Waals surface area contributed by atoms with E-state index in [1.54, 1.807) is 36.4 Å². The molecular formula is C25H20Cl2N2O4S. The van der Waals surface area contributed by atoms with Crippen molar-refractivity contribution in [2.45, 2.75) is 33.9 Å². The predicted octanol–water partition coefficient (Wildman–Crippen LogP) is 6.99. The van der Waals surface area contributed by atoms with E-state index in [1.807, 2.05) is 24.3 Å². The topological polar surface area (TPSA) is 92.5 Å². The van der Waals surface area contributed by atoms with E-state index >= 15 is 0 Å². The molecule has 5 atom stereocenters. The van der Waals surface area contributed by atoms with Crippen molar-refractivity contribution in [2.24, 2.45) is 5.92 Å². The fourth-order valence-corrected chi connectivity index (χ4v) is 7.35. The number of rotatable bonds is 5. The molecule has 0 spiro atoms. The van der Waals surface area contributed by atoms with Gasteiger partial charge in [-0.25, -0.2) is 4.79 Å².